The first-order chi connectivity index (χ1) is 12.9. The van der Waals surface area contributed by atoms with Crippen LogP contribution in [0.4, 0.5) is 19.0 Å². The maximum Gasteiger partial charge on any atom is 0.410 e. The van der Waals surface area contributed by atoms with Crippen molar-refractivity contribution in [1.29, 1.82) is 0 Å². The standard InChI is InChI=1S/C18H19F3N4OS/c19-18(20,21)15-10-14(12-4-2-1-3-5-12)23-16-13(11-22-25(15)16)17(26)24-6-8-27-9-7-24/h1-5,11,14-15,23H,6-10H2. The maximum absolute atomic E-state index is 13.7. The third-order valence-electron chi connectivity index (χ3n) is 4.97. The summed E-state index contributed by atoms with van der Waals surface area (Å²) in [4.78, 5) is 14.6. The summed E-state index contributed by atoms with van der Waals surface area (Å²) in [5, 5.41) is 7.06. The molecule has 3 heterocycles. The summed E-state index contributed by atoms with van der Waals surface area (Å²) in [7, 11) is 0. The molecule has 1 aromatic carbocycles. The Labute approximate surface area is 158 Å². The molecule has 4 rings (SSSR count). The molecule has 2 aromatic rings. The Bertz CT molecular complexity index is 818. The van der Waals surface area contributed by atoms with Gasteiger partial charge in [-0.15, -0.1) is 0 Å². The van der Waals surface area contributed by atoms with E-state index in [-0.39, 0.29) is 23.7 Å². The average molecular weight is 396 g/mol. The van der Waals surface area contributed by atoms with Crippen LogP contribution in [-0.4, -0.2) is 51.4 Å². The monoisotopic (exact) mass is 396 g/mol. The lowest BCUT2D eigenvalue weighted by atomic mass is 9.96. The molecule has 9 heteroatoms. The van der Waals surface area contributed by atoms with Crippen LogP contribution in [0.5, 0.6) is 0 Å². The number of anilines is 1. The van der Waals surface area contributed by atoms with Gasteiger partial charge in [-0.3, -0.25) is 4.79 Å². The Kier molecular flexibility index (Phi) is 4.79. The van der Waals surface area contributed by atoms with Gasteiger partial charge in [0.25, 0.3) is 5.91 Å². The number of carbonyl (C=O) groups is 1. The van der Waals surface area contributed by atoms with Gasteiger partial charge in [-0.1, -0.05) is 30.3 Å². The van der Waals surface area contributed by atoms with Gasteiger partial charge in [-0.25, -0.2) is 4.68 Å². The van der Waals surface area contributed by atoms with Gasteiger partial charge in [0.05, 0.1) is 12.2 Å². The van der Waals surface area contributed by atoms with Gasteiger partial charge in [-0.2, -0.15) is 30.0 Å². The highest BCUT2D eigenvalue weighted by molar-refractivity contribution is 7.99. The largest absolute Gasteiger partial charge is 0.410 e. The van der Waals surface area contributed by atoms with E-state index in [1.807, 2.05) is 6.07 Å². The Balaban J connectivity index is 1.71. The molecular weight excluding hydrogens is 377 g/mol. The van der Waals surface area contributed by atoms with E-state index in [1.165, 1.54) is 6.20 Å². The molecule has 2 atom stereocenters. The summed E-state index contributed by atoms with van der Waals surface area (Å²) in [6, 6.07) is 6.69. The second kappa shape index (κ2) is 7.10. The average Bonchev–Trinajstić information content (AvgIpc) is 3.11. The summed E-state index contributed by atoms with van der Waals surface area (Å²) in [6.07, 6.45) is -3.35. The fourth-order valence-electron chi connectivity index (χ4n) is 3.56. The van der Waals surface area contributed by atoms with E-state index in [0.717, 1.165) is 21.8 Å². The number of rotatable bonds is 2. The number of hydrogen-bond acceptors (Lipinski definition) is 4. The highest BCUT2D eigenvalue weighted by Crippen LogP contribution is 2.44. The minimum Gasteiger partial charge on any atom is -0.363 e. The molecule has 0 saturated carbocycles. The van der Waals surface area contributed by atoms with Crippen molar-refractivity contribution in [2.24, 2.45) is 0 Å². The van der Waals surface area contributed by atoms with Gasteiger partial charge in [-0.05, 0) is 5.56 Å². The van der Waals surface area contributed by atoms with Crippen molar-refractivity contribution in [2.45, 2.75) is 24.7 Å². The minimum atomic E-state index is -4.45. The molecule has 1 aromatic heterocycles. The highest BCUT2D eigenvalue weighted by atomic mass is 32.2. The Morgan fingerprint density at radius 1 is 1.19 bits per heavy atom. The van der Waals surface area contributed by atoms with E-state index in [0.29, 0.717) is 13.1 Å². The van der Waals surface area contributed by atoms with Crippen LogP contribution in [0.1, 0.15) is 34.4 Å². The van der Waals surface area contributed by atoms with Crippen LogP contribution in [-0.2, 0) is 0 Å². The van der Waals surface area contributed by atoms with E-state index in [1.54, 1.807) is 40.9 Å². The van der Waals surface area contributed by atoms with Crippen LogP contribution in [0.25, 0.3) is 0 Å². The molecule has 2 aliphatic heterocycles. The predicted molar refractivity (Wildman–Crippen MR) is 98.0 cm³/mol. The van der Waals surface area contributed by atoms with Crippen molar-refractivity contribution in [1.82, 2.24) is 14.7 Å². The predicted octanol–water partition coefficient (Wildman–Crippen LogP) is 3.73. The fourth-order valence-corrected chi connectivity index (χ4v) is 4.46. The number of amides is 1. The van der Waals surface area contributed by atoms with Crippen LogP contribution >= 0.6 is 11.8 Å². The lowest BCUT2D eigenvalue weighted by molar-refractivity contribution is -0.173. The molecule has 0 aliphatic carbocycles. The summed E-state index contributed by atoms with van der Waals surface area (Å²) in [6.45, 7) is 1.19. The molecule has 1 N–H and O–H groups in total. The SMILES string of the molecule is O=C(c1cnn2c1NC(c1ccccc1)CC2C(F)(F)F)N1CCSCC1. The Morgan fingerprint density at radius 3 is 2.56 bits per heavy atom. The first-order valence-electron chi connectivity index (χ1n) is 8.78. The molecule has 2 aliphatic rings. The third kappa shape index (κ3) is 3.52. The first kappa shape index (κ1) is 18.2. The molecular formula is C18H19F3N4OS. The van der Waals surface area contributed by atoms with Crippen molar-refractivity contribution in [3.05, 3.63) is 47.7 Å². The van der Waals surface area contributed by atoms with Crippen LogP contribution in [0, 0.1) is 0 Å². The molecule has 1 fully saturated rings. The van der Waals surface area contributed by atoms with Crippen molar-refractivity contribution < 1.29 is 18.0 Å². The summed E-state index contributed by atoms with van der Waals surface area (Å²) < 4.78 is 42.0. The number of aromatic nitrogens is 2. The number of benzene rings is 1. The molecule has 27 heavy (non-hydrogen) atoms. The summed E-state index contributed by atoms with van der Waals surface area (Å²) in [5.74, 6) is 1.56. The summed E-state index contributed by atoms with van der Waals surface area (Å²) in [5.41, 5.74) is 0.962. The summed E-state index contributed by atoms with van der Waals surface area (Å²) >= 11 is 1.76. The smallest absolute Gasteiger partial charge is 0.363 e. The highest BCUT2D eigenvalue weighted by Gasteiger charge is 2.47. The number of alkyl halides is 3. The van der Waals surface area contributed by atoms with Crippen LogP contribution < -0.4 is 5.32 Å². The number of carbonyl (C=O) groups excluding carboxylic acids is 1. The molecule has 2 unspecified atom stereocenters. The number of fused-ring (bicyclic) bond motifs is 1. The third-order valence-corrected chi connectivity index (χ3v) is 5.91. The van der Waals surface area contributed by atoms with Crippen molar-refractivity contribution >= 4 is 23.5 Å². The second-order valence-corrected chi connectivity index (χ2v) is 7.88. The first-order valence-corrected chi connectivity index (χ1v) is 9.93. The van der Waals surface area contributed by atoms with Gasteiger partial charge >= 0.3 is 6.18 Å². The van der Waals surface area contributed by atoms with Crippen LogP contribution in [0.15, 0.2) is 36.5 Å². The van der Waals surface area contributed by atoms with Crippen LogP contribution in [0.2, 0.25) is 0 Å². The number of nitrogens with zero attached hydrogens (tertiary/aromatic N) is 3. The molecule has 1 saturated heterocycles. The zero-order valence-electron chi connectivity index (χ0n) is 14.4. The molecule has 5 nitrogen and oxygen atoms in total. The number of thioether (sulfide) groups is 1. The quantitative estimate of drug-likeness (QED) is 0.840. The molecule has 0 spiro atoms. The lowest BCUT2D eigenvalue weighted by Crippen LogP contribution is -2.39. The zero-order valence-corrected chi connectivity index (χ0v) is 15.3. The number of hydrogen-bond donors (Lipinski definition) is 1. The van der Waals surface area contributed by atoms with Gasteiger partial charge in [0.15, 0.2) is 6.04 Å². The number of nitrogens with one attached hydrogen (secondary N) is 1. The lowest BCUT2D eigenvalue weighted by Gasteiger charge is -2.34. The Hall–Kier alpha value is -2.16. The van der Waals surface area contributed by atoms with Gasteiger partial charge in [0, 0.05) is 31.0 Å². The molecule has 0 bridgehead atoms. The normalized spacial score (nSPS) is 22.9. The van der Waals surface area contributed by atoms with E-state index in [9.17, 15) is 18.0 Å². The fraction of sp³-hybridized carbons (Fsp3) is 0.444. The van der Waals surface area contributed by atoms with Crippen LogP contribution in [0.3, 0.4) is 0 Å². The van der Waals surface area contributed by atoms with Crippen molar-refractivity contribution in [2.75, 3.05) is 29.9 Å². The zero-order chi connectivity index (χ0) is 19.0. The van der Waals surface area contributed by atoms with E-state index >= 15 is 0 Å². The van der Waals surface area contributed by atoms with Gasteiger partial charge in [0.2, 0.25) is 0 Å². The van der Waals surface area contributed by atoms with E-state index in [4.69, 9.17) is 0 Å². The van der Waals surface area contributed by atoms with Crippen molar-refractivity contribution in [3.63, 3.8) is 0 Å². The second-order valence-electron chi connectivity index (χ2n) is 6.66. The van der Waals surface area contributed by atoms with E-state index < -0.39 is 18.3 Å². The van der Waals surface area contributed by atoms with Gasteiger partial charge < -0.3 is 10.2 Å². The van der Waals surface area contributed by atoms with Crippen molar-refractivity contribution in [3.8, 4) is 0 Å². The van der Waals surface area contributed by atoms with E-state index in [2.05, 4.69) is 10.4 Å². The Morgan fingerprint density at radius 2 is 1.89 bits per heavy atom. The topological polar surface area (TPSA) is 50.2 Å². The molecule has 0 radical (unpaired) electrons. The minimum absolute atomic E-state index is 0.153. The molecule has 144 valence electrons. The van der Waals surface area contributed by atoms with Gasteiger partial charge in [0.1, 0.15) is 11.4 Å². The maximum atomic E-state index is 13.7. The number of halogens is 3. The molecule has 1 amide bonds.